The van der Waals surface area contributed by atoms with Gasteiger partial charge in [0, 0.05) is 13.0 Å². The van der Waals surface area contributed by atoms with Crippen LogP contribution in [0.3, 0.4) is 0 Å². The van der Waals surface area contributed by atoms with Gasteiger partial charge in [0.1, 0.15) is 12.4 Å². The predicted octanol–water partition coefficient (Wildman–Crippen LogP) is 0.994. The van der Waals surface area contributed by atoms with Crippen LogP contribution in [0.25, 0.3) is 0 Å². The van der Waals surface area contributed by atoms with Crippen molar-refractivity contribution in [1.29, 1.82) is 0 Å². The Balaban J connectivity index is 2.98. The lowest BCUT2D eigenvalue weighted by atomic mass is 10.2. The maximum absolute atomic E-state index is 10.6. The lowest BCUT2D eigenvalue weighted by molar-refractivity contribution is -0.122. The fourth-order valence-corrected chi connectivity index (χ4v) is 1.08. The first-order valence-electron chi connectivity index (χ1n) is 5.85. The molecule has 0 amide bonds. The summed E-state index contributed by atoms with van der Waals surface area (Å²) in [6.45, 7) is 5.69. The van der Waals surface area contributed by atoms with Gasteiger partial charge in [-0.15, -0.1) is 0 Å². The van der Waals surface area contributed by atoms with Crippen LogP contribution in [0, 0.1) is 0 Å². The average molecular weight is 246 g/mol. The molecule has 17 heavy (non-hydrogen) atoms. The summed E-state index contributed by atoms with van der Waals surface area (Å²) in [4.78, 5) is 21.1. The second-order valence-corrected chi connectivity index (χ2v) is 3.78. The van der Waals surface area contributed by atoms with Gasteiger partial charge in [0.25, 0.3) is 0 Å². The average Bonchev–Trinajstić information content (AvgIpc) is 2.25. The van der Waals surface area contributed by atoms with Crippen LogP contribution >= 0.6 is 0 Å². The highest BCUT2D eigenvalue weighted by Crippen LogP contribution is 1.91. The molecule has 0 fully saturated rings. The summed E-state index contributed by atoms with van der Waals surface area (Å²) in [6, 6.07) is 0. The van der Waals surface area contributed by atoms with Crippen molar-refractivity contribution in [3.8, 4) is 0 Å². The van der Waals surface area contributed by atoms with Crippen LogP contribution in [-0.4, -0.2) is 51.2 Å². The van der Waals surface area contributed by atoms with E-state index in [1.165, 1.54) is 6.92 Å². The van der Waals surface area contributed by atoms with Gasteiger partial charge < -0.3 is 19.0 Å². The van der Waals surface area contributed by atoms with E-state index in [-0.39, 0.29) is 18.2 Å². The van der Waals surface area contributed by atoms with Crippen LogP contribution in [0.15, 0.2) is 0 Å². The zero-order valence-electron chi connectivity index (χ0n) is 10.7. The number of carbonyl (C=O) groups excluding carboxylic acids is 2. The van der Waals surface area contributed by atoms with Crippen molar-refractivity contribution in [3.63, 3.8) is 0 Å². The molecular weight excluding hydrogens is 224 g/mol. The number of ether oxygens (including phenoxy) is 3. The first-order valence-corrected chi connectivity index (χ1v) is 5.85. The predicted molar refractivity (Wildman–Crippen MR) is 63.1 cm³/mol. The van der Waals surface area contributed by atoms with E-state index in [0.717, 1.165) is 6.42 Å². The molecule has 0 unspecified atom stereocenters. The second kappa shape index (κ2) is 11.7. The van der Waals surface area contributed by atoms with Crippen LogP contribution in [0.4, 0.5) is 0 Å². The number of rotatable bonds is 12. The van der Waals surface area contributed by atoms with Gasteiger partial charge >= 0.3 is 0 Å². The summed E-state index contributed by atoms with van der Waals surface area (Å²) in [5, 5.41) is 0. The Kier molecular flexibility index (Phi) is 11.2. The minimum Gasteiger partial charge on any atom is -0.379 e. The van der Waals surface area contributed by atoms with Gasteiger partial charge in [0.05, 0.1) is 26.4 Å². The summed E-state index contributed by atoms with van der Waals surface area (Å²) in [7, 11) is 0. The van der Waals surface area contributed by atoms with Gasteiger partial charge in [-0.05, 0) is 20.3 Å². The molecule has 5 nitrogen and oxygen atoms in total. The highest BCUT2D eigenvalue weighted by Gasteiger charge is 1.95. The molecule has 0 aromatic heterocycles. The molecular formula is C12H22O5. The summed E-state index contributed by atoms with van der Waals surface area (Å²) in [5.74, 6) is 0.200. The number of hydrogen-bond acceptors (Lipinski definition) is 5. The SMILES string of the molecule is CC(=O)CCCOCCOCCOCC(C)=O. The maximum Gasteiger partial charge on any atom is 0.155 e. The summed E-state index contributed by atoms with van der Waals surface area (Å²) in [5.41, 5.74) is 0. The molecule has 0 aromatic carbocycles. The van der Waals surface area contributed by atoms with E-state index in [0.29, 0.717) is 39.5 Å². The Labute approximate surface area is 102 Å². The van der Waals surface area contributed by atoms with E-state index in [4.69, 9.17) is 14.2 Å². The van der Waals surface area contributed by atoms with E-state index < -0.39 is 0 Å². The second-order valence-electron chi connectivity index (χ2n) is 3.78. The first kappa shape index (κ1) is 16.2. The molecule has 0 heterocycles. The zero-order valence-corrected chi connectivity index (χ0v) is 10.7. The largest absolute Gasteiger partial charge is 0.379 e. The lowest BCUT2D eigenvalue weighted by Gasteiger charge is -2.05. The molecule has 0 radical (unpaired) electrons. The van der Waals surface area contributed by atoms with Gasteiger partial charge in [-0.2, -0.15) is 0 Å². The van der Waals surface area contributed by atoms with Crippen molar-refractivity contribution in [3.05, 3.63) is 0 Å². The summed E-state index contributed by atoms with van der Waals surface area (Å²) >= 11 is 0. The Morgan fingerprint density at radius 3 is 1.82 bits per heavy atom. The van der Waals surface area contributed by atoms with Crippen LogP contribution in [0.2, 0.25) is 0 Å². The molecule has 0 aliphatic rings. The molecule has 0 saturated heterocycles. The van der Waals surface area contributed by atoms with Crippen molar-refractivity contribution in [2.75, 3.05) is 39.6 Å². The van der Waals surface area contributed by atoms with Crippen LogP contribution in [0.1, 0.15) is 26.7 Å². The van der Waals surface area contributed by atoms with E-state index >= 15 is 0 Å². The first-order chi connectivity index (χ1) is 8.13. The van der Waals surface area contributed by atoms with Crippen molar-refractivity contribution in [2.45, 2.75) is 26.7 Å². The molecule has 0 aliphatic heterocycles. The number of hydrogen-bond donors (Lipinski definition) is 0. The van der Waals surface area contributed by atoms with Gasteiger partial charge in [0.15, 0.2) is 5.78 Å². The third-order valence-electron chi connectivity index (χ3n) is 1.87. The Bertz CT molecular complexity index is 193. The smallest absolute Gasteiger partial charge is 0.155 e. The van der Waals surface area contributed by atoms with Gasteiger partial charge in [-0.3, -0.25) is 4.79 Å². The molecule has 100 valence electrons. The minimum atomic E-state index is 0.0128. The molecule has 0 rings (SSSR count). The normalized spacial score (nSPS) is 10.5. The number of ketones is 2. The Morgan fingerprint density at radius 2 is 1.29 bits per heavy atom. The quantitative estimate of drug-likeness (QED) is 0.481. The summed E-state index contributed by atoms with van der Waals surface area (Å²) in [6.07, 6.45) is 1.33. The Hall–Kier alpha value is -0.780. The molecule has 0 aromatic rings. The van der Waals surface area contributed by atoms with Crippen LogP contribution in [-0.2, 0) is 23.8 Å². The zero-order chi connectivity index (χ0) is 12.9. The topological polar surface area (TPSA) is 61.8 Å². The van der Waals surface area contributed by atoms with E-state index in [1.807, 2.05) is 0 Å². The fraction of sp³-hybridized carbons (Fsp3) is 0.833. The molecule has 0 aliphatic carbocycles. The standard InChI is InChI=1S/C12H22O5/c1-11(13)4-3-5-15-6-7-16-8-9-17-10-12(2)14/h3-10H2,1-2H3. The van der Waals surface area contributed by atoms with Gasteiger partial charge in [-0.25, -0.2) is 0 Å². The van der Waals surface area contributed by atoms with E-state index in [9.17, 15) is 9.59 Å². The number of carbonyl (C=O) groups is 2. The Morgan fingerprint density at radius 1 is 0.765 bits per heavy atom. The van der Waals surface area contributed by atoms with Crippen molar-refractivity contribution >= 4 is 11.6 Å². The molecule has 0 N–H and O–H groups in total. The molecule has 0 bridgehead atoms. The van der Waals surface area contributed by atoms with Gasteiger partial charge in [-0.1, -0.05) is 0 Å². The highest BCUT2D eigenvalue weighted by atomic mass is 16.5. The molecule has 5 heteroatoms. The third-order valence-corrected chi connectivity index (χ3v) is 1.87. The van der Waals surface area contributed by atoms with E-state index in [1.54, 1.807) is 6.92 Å². The van der Waals surface area contributed by atoms with Crippen LogP contribution in [0.5, 0.6) is 0 Å². The fourth-order valence-electron chi connectivity index (χ4n) is 1.08. The number of Topliss-reactive ketones (excluding diaryl/α,β-unsaturated/α-hetero) is 2. The summed E-state index contributed by atoms with van der Waals surface area (Å²) < 4.78 is 15.5. The van der Waals surface area contributed by atoms with Crippen molar-refractivity contribution in [2.24, 2.45) is 0 Å². The van der Waals surface area contributed by atoms with Gasteiger partial charge in [0.2, 0.25) is 0 Å². The maximum atomic E-state index is 10.6. The monoisotopic (exact) mass is 246 g/mol. The van der Waals surface area contributed by atoms with E-state index in [2.05, 4.69) is 0 Å². The lowest BCUT2D eigenvalue weighted by Crippen LogP contribution is -2.12. The molecule has 0 atom stereocenters. The molecule has 0 spiro atoms. The highest BCUT2D eigenvalue weighted by molar-refractivity contribution is 5.76. The third kappa shape index (κ3) is 15.2. The van der Waals surface area contributed by atoms with Crippen molar-refractivity contribution in [1.82, 2.24) is 0 Å². The minimum absolute atomic E-state index is 0.0128. The molecule has 0 saturated carbocycles. The van der Waals surface area contributed by atoms with Crippen molar-refractivity contribution < 1.29 is 23.8 Å². The van der Waals surface area contributed by atoms with Crippen LogP contribution < -0.4 is 0 Å².